The Kier molecular flexibility index (Phi) is 6.08. The van der Waals surface area contributed by atoms with Crippen LogP contribution in [0.1, 0.15) is 42.1 Å². The van der Waals surface area contributed by atoms with Crippen molar-refractivity contribution in [3.05, 3.63) is 59.7 Å². The Labute approximate surface area is 186 Å². The molecule has 2 aromatic rings. The molecule has 0 unspecified atom stereocenters. The third-order valence-electron chi connectivity index (χ3n) is 6.28. The van der Waals surface area contributed by atoms with Gasteiger partial charge in [-0.05, 0) is 61.9 Å². The van der Waals surface area contributed by atoms with Gasteiger partial charge in [-0.15, -0.1) is 0 Å². The molecule has 1 heterocycles. The number of carbonyl (C=O) groups is 4. The molecule has 1 saturated carbocycles. The number of amides is 3. The van der Waals surface area contributed by atoms with Gasteiger partial charge in [-0.25, -0.2) is 4.79 Å². The Bertz CT molecular complexity index is 1080. The summed E-state index contributed by atoms with van der Waals surface area (Å²) in [6.45, 7) is 3.52. The Morgan fingerprint density at radius 1 is 1.03 bits per heavy atom. The Morgan fingerprint density at radius 2 is 1.78 bits per heavy atom. The number of aryl methyl sites for hydroxylation is 1. The highest BCUT2D eigenvalue weighted by Crippen LogP contribution is 2.42. The first-order valence-electron chi connectivity index (χ1n) is 10.9. The van der Waals surface area contributed by atoms with E-state index in [-0.39, 0.29) is 29.2 Å². The molecule has 2 aromatic carbocycles. The predicted octanol–water partition coefficient (Wildman–Crippen LogP) is 3.72. The topological polar surface area (TPSA) is 92.8 Å². The van der Waals surface area contributed by atoms with Crippen molar-refractivity contribution in [2.24, 2.45) is 17.8 Å². The highest BCUT2D eigenvalue weighted by Gasteiger charge is 2.50. The molecule has 1 saturated heterocycles. The van der Waals surface area contributed by atoms with Crippen LogP contribution in [-0.4, -0.2) is 30.3 Å². The number of carbonyl (C=O) groups excluding carboxylic acids is 4. The van der Waals surface area contributed by atoms with Crippen molar-refractivity contribution in [2.45, 2.75) is 33.1 Å². The lowest BCUT2D eigenvalue weighted by Gasteiger charge is -2.25. The minimum absolute atomic E-state index is 0.176. The van der Waals surface area contributed by atoms with E-state index in [0.29, 0.717) is 30.1 Å². The largest absolute Gasteiger partial charge is 0.452 e. The number of rotatable bonds is 5. The molecule has 4 rings (SSSR count). The SMILES string of the molecule is Cc1ccccc1NC(=O)COC(=O)c1cccc(N2C(=O)[C@H]3C[C@H](C)CC[C@H]3C2=O)c1. The number of para-hydroxylation sites is 1. The standard InChI is InChI=1S/C25H26N2O5/c1-15-10-11-19-20(12-15)24(30)27(23(19)29)18-8-5-7-17(13-18)25(31)32-14-22(28)26-21-9-4-3-6-16(21)2/h3-9,13,15,19-20H,10-12,14H2,1-2H3,(H,26,28)/t15-,19-,20+/m1/s1. The van der Waals surface area contributed by atoms with Crippen molar-refractivity contribution in [1.82, 2.24) is 0 Å². The molecule has 32 heavy (non-hydrogen) atoms. The van der Waals surface area contributed by atoms with Gasteiger partial charge in [0.2, 0.25) is 11.8 Å². The number of nitrogens with zero attached hydrogens (tertiary/aromatic N) is 1. The Morgan fingerprint density at radius 3 is 2.56 bits per heavy atom. The number of hydrogen-bond acceptors (Lipinski definition) is 5. The van der Waals surface area contributed by atoms with E-state index >= 15 is 0 Å². The first kappa shape index (κ1) is 21.7. The molecule has 2 fully saturated rings. The zero-order valence-corrected chi connectivity index (χ0v) is 18.2. The smallest absolute Gasteiger partial charge is 0.338 e. The van der Waals surface area contributed by atoms with Crippen LogP contribution in [0.5, 0.6) is 0 Å². The van der Waals surface area contributed by atoms with E-state index in [9.17, 15) is 19.2 Å². The van der Waals surface area contributed by atoms with Crippen molar-refractivity contribution in [2.75, 3.05) is 16.8 Å². The lowest BCUT2D eigenvalue weighted by molar-refractivity contribution is -0.122. The number of benzene rings is 2. The third kappa shape index (κ3) is 4.28. The molecule has 3 amide bonds. The second kappa shape index (κ2) is 8.94. The number of fused-ring (bicyclic) bond motifs is 1. The predicted molar refractivity (Wildman–Crippen MR) is 119 cm³/mol. The summed E-state index contributed by atoms with van der Waals surface area (Å²) in [5, 5.41) is 2.70. The van der Waals surface area contributed by atoms with E-state index < -0.39 is 18.5 Å². The van der Waals surface area contributed by atoms with Crippen LogP contribution in [0, 0.1) is 24.7 Å². The van der Waals surface area contributed by atoms with Gasteiger partial charge in [-0.2, -0.15) is 0 Å². The maximum Gasteiger partial charge on any atom is 0.338 e. The molecule has 166 valence electrons. The molecule has 0 aromatic heterocycles. The van der Waals surface area contributed by atoms with Crippen LogP contribution in [0.2, 0.25) is 0 Å². The zero-order chi connectivity index (χ0) is 22.8. The lowest BCUT2D eigenvalue weighted by Crippen LogP contribution is -2.31. The van der Waals surface area contributed by atoms with E-state index in [1.807, 2.05) is 19.1 Å². The van der Waals surface area contributed by atoms with Gasteiger partial charge < -0.3 is 10.1 Å². The summed E-state index contributed by atoms with van der Waals surface area (Å²) in [6.07, 6.45) is 2.36. The van der Waals surface area contributed by atoms with Crippen LogP contribution in [-0.2, 0) is 19.1 Å². The molecule has 0 spiro atoms. The van der Waals surface area contributed by atoms with Gasteiger partial charge in [-0.3, -0.25) is 19.3 Å². The minimum atomic E-state index is -0.697. The third-order valence-corrected chi connectivity index (χ3v) is 6.28. The first-order valence-corrected chi connectivity index (χ1v) is 10.9. The van der Waals surface area contributed by atoms with Gasteiger partial charge in [-0.1, -0.05) is 31.2 Å². The summed E-state index contributed by atoms with van der Waals surface area (Å²) in [5.41, 5.74) is 2.09. The van der Waals surface area contributed by atoms with Gasteiger partial charge in [0.15, 0.2) is 6.61 Å². The van der Waals surface area contributed by atoms with E-state index in [1.165, 1.54) is 17.0 Å². The molecule has 2 aliphatic rings. The molecular formula is C25H26N2O5. The highest BCUT2D eigenvalue weighted by atomic mass is 16.5. The van der Waals surface area contributed by atoms with E-state index in [0.717, 1.165) is 12.0 Å². The second-order valence-corrected chi connectivity index (χ2v) is 8.63. The summed E-state index contributed by atoms with van der Waals surface area (Å²) in [5.74, 6) is -1.69. The molecule has 1 aliphatic carbocycles. The van der Waals surface area contributed by atoms with Crippen LogP contribution in [0.25, 0.3) is 0 Å². The van der Waals surface area contributed by atoms with Crippen molar-refractivity contribution in [1.29, 1.82) is 0 Å². The van der Waals surface area contributed by atoms with Crippen LogP contribution < -0.4 is 10.2 Å². The number of anilines is 2. The fraction of sp³-hybridized carbons (Fsp3) is 0.360. The maximum absolute atomic E-state index is 12.9. The quantitative estimate of drug-likeness (QED) is 0.572. The normalized spacial score (nSPS) is 22.4. The number of imide groups is 1. The molecule has 3 atom stereocenters. The number of ether oxygens (including phenoxy) is 1. The summed E-state index contributed by atoms with van der Waals surface area (Å²) in [6, 6.07) is 13.5. The molecule has 7 heteroatoms. The summed E-state index contributed by atoms with van der Waals surface area (Å²) in [7, 11) is 0. The Balaban J connectivity index is 1.42. The van der Waals surface area contributed by atoms with Crippen LogP contribution in [0.15, 0.2) is 48.5 Å². The van der Waals surface area contributed by atoms with Crippen molar-refractivity contribution < 1.29 is 23.9 Å². The van der Waals surface area contributed by atoms with Crippen molar-refractivity contribution in [3.8, 4) is 0 Å². The molecule has 7 nitrogen and oxygen atoms in total. The van der Waals surface area contributed by atoms with Gasteiger partial charge in [0.1, 0.15) is 0 Å². The van der Waals surface area contributed by atoms with Crippen LogP contribution in [0.3, 0.4) is 0 Å². The number of hydrogen-bond donors (Lipinski definition) is 1. The van der Waals surface area contributed by atoms with Crippen LogP contribution in [0.4, 0.5) is 11.4 Å². The number of esters is 1. The van der Waals surface area contributed by atoms with E-state index in [2.05, 4.69) is 12.2 Å². The van der Waals surface area contributed by atoms with Crippen LogP contribution >= 0.6 is 0 Å². The average molecular weight is 434 g/mol. The van der Waals surface area contributed by atoms with Crippen molar-refractivity contribution >= 4 is 35.1 Å². The van der Waals surface area contributed by atoms with Gasteiger partial charge in [0.25, 0.3) is 5.91 Å². The summed E-state index contributed by atoms with van der Waals surface area (Å²) >= 11 is 0. The highest BCUT2D eigenvalue weighted by molar-refractivity contribution is 6.22. The molecule has 1 N–H and O–H groups in total. The van der Waals surface area contributed by atoms with E-state index in [4.69, 9.17) is 4.74 Å². The fourth-order valence-corrected chi connectivity index (χ4v) is 4.53. The second-order valence-electron chi connectivity index (χ2n) is 8.63. The van der Waals surface area contributed by atoms with Gasteiger partial charge in [0.05, 0.1) is 23.1 Å². The molecule has 1 aliphatic heterocycles. The Hall–Kier alpha value is -3.48. The molecule has 0 bridgehead atoms. The zero-order valence-electron chi connectivity index (χ0n) is 18.2. The monoisotopic (exact) mass is 434 g/mol. The lowest BCUT2D eigenvalue weighted by atomic mass is 9.76. The van der Waals surface area contributed by atoms with Gasteiger partial charge in [0, 0.05) is 5.69 Å². The summed E-state index contributed by atoms with van der Waals surface area (Å²) in [4.78, 5) is 51.7. The van der Waals surface area contributed by atoms with Gasteiger partial charge >= 0.3 is 5.97 Å². The molecule has 0 radical (unpaired) electrons. The maximum atomic E-state index is 12.9. The summed E-state index contributed by atoms with van der Waals surface area (Å²) < 4.78 is 5.14. The molecular weight excluding hydrogens is 408 g/mol. The average Bonchev–Trinajstić information content (AvgIpc) is 3.03. The number of nitrogens with one attached hydrogen (secondary N) is 1. The fourth-order valence-electron chi connectivity index (χ4n) is 4.53. The first-order chi connectivity index (χ1) is 15.3. The minimum Gasteiger partial charge on any atom is -0.452 e. The van der Waals surface area contributed by atoms with E-state index in [1.54, 1.807) is 24.3 Å². The van der Waals surface area contributed by atoms with Crippen molar-refractivity contribution in [3.63, 3.8) is 0 Å².